The molecule has 1 heterocycles. The van der Waals surface area contributed by atoms with Crippen molar-refractivity contribution in [3.8, 4) is 0 Å². The zero-order valence-electron chi connectivity index (χ0n) is 21.6. The Labute approximate surface area is 210 Å². The highest BCUT2D eigenvalue weighted by Crippen LogP contribution is 2.50. The molecule has 0 radical (unpaired) electrons. The van der Waals surface area contributed by atoms with Crippen LogP contribution in [0.25, 0.3) is 0 Å². The second-order valence-electron chi connectivity index (χ2n) is 9.98. The summed E-state index contributed by atoms with van der Waals surface area (Å²) < 4.78 is 32.5. The van der Waals surface area contributed by atoms with Crippen LogP contribution < -0.4 is 4.90 Å². The van der Waals surface area contributed by atoms with Crippen LogP contribution in [0.5, 0.6) is 0 Å². The minimum absolute atomic E-state index is 0.0633. The zero-order valence-corrected chi connectivity index (χ0v) is 22.4. The molecule has 7 heteroatoms. The summed E-state index contributed by atoms with van der Waals surface area (Å²) in [5, 5.41) is 12.1. The van der Waals surface area contributed by atoms with Gasteiger partial charge in [-0.15, -0.1) is 0 Å². The van der Waals surface area contributed by atoms with Crippen molar-refractivity contribution in [2.24, 2.45) is 5.41 Å². The number of aliphatic hydroxyl groups excluding tert-OH is 1. The van der Waals surface area contributed by atoms with Crippen LogP contribution in [0.4, 0.5) is 5.69 Å². The molecule has 0 bridgehead atoms. The molecular formula is C28H39NO5S. The van der Waals surface area contributed by atoms with E-state index in [9.17, 15) is 18.3 Å². The molecule has 0 saturated heterocycles. The summed E-state index contributed by atoms with van der Waals surface area (Å²) in [5.41, 5.74) is 1.93. The molecule has 35 heavy (non-hydrogen) atoms. The number of esters is 1. The standard InChI is InChI=1S/C28H39NO5S/c1-6-8-16-28(17-9-7-2)19-35(32,33)24-15-14-22(29(3)4)18-23(24)25(26(28)30)20-10-12-21(13-11-20)27(31)34-5/h10-15,18,25-26,30H,6-9,16-17,19H2,1-5H3/t25-,26-/m1/s1. The number of ether oxygens (including phenoxy) is 1. The number of aliphatic hydroxyl groups is 1. The maximum Gasteiger partial charge on any atom is 0.337 e. The number of hydrogen-bond acceptors (Lipinski definition) is 6. The number of carbonyl (C=O) groups excluding carboxylic acids is 1. The normalized spacial score (nSPS) is 20.5. The van der Waals surface area contributed by atoms with E-state index in [-0.39, 0.29) is 5.75 Å². The van der Waals surface area contributed by atoms with Crippen LogP contribution in [-0.4, -0.2) is 52.6 Å². The fraction of sp³-hybridized carbons (Fsp3) is 0.536. The summed E-state index contributed by atoms with van der Waals surface area (Å²) in [7, 11) is 1.52. The molecule has 3 rings (SSSR count). The predicted molar refractivity (Wildman–Crippen MR) is 140 cm³/mol. The van der Waals surface area contributed by atoms with E-state index in [4.69, 9.17) is 4.74 Å². The fourth-order valence-corrected chi connectivity index (χ4v) is 7.53. The van der Waals surface area contributed by atoms with E-state index in [1.165, 1.54) is 7.11 Å². The lowest BCUT2D eigenvalue weighted by Crippen LogP contribution is -2.43. The van der Waals surface area contributed by atoms with Gasteiger partial charge in [0.05, 0.1) is 29.4 Å². The number of unbranched alkanes of at least 4 members (excludes halogenated alkanes) is 2. The molecule has 0 aromatic heterocycles. The van der Waals surface area contributed by atoms with Gasteiger partial charge in [-0.25, -0.2) is 13.2 Å². The highest BCUT2D eigenvalue weighted by atomic mass is 32.2. The maximum absolute atomic E-state index is 13.8. The molecule has 1 N–H and O–H groups in total. The zero-order chi connectivity index (χ0) is 25.8. The van der Waals surface area contributed by atoms with Gasteiger partial charge in [-0.05, 0) is 54.3 Å². The Kier molecular flexibility index (Phi) is 8.65. The molecule has 0 spiro atoms. The van der Waals surface area contributed by atoms with Crippen molar-refractivity contribution in [1.82, 2.24) is 0 Å². The van der Waals surface area contributed by atoms with Gasteiger partial charge in [0.2, 0.25) is 0 Å². The number of nitrogens with zero attached hydrogens (tertiary/aromatic N) is 1. The lowest BCUT2D eigenvalue weighted by atomic mass is 9.68. The third kappa shape index (κ3) is 5.56. The minimum Gasteiger partial charge on any atom is -0.465 e. The van der Waals surface area contributed by atoms with Gasteiger partial charge in [-0.2, -0.15) is 0 Å². The van der Waals surface area contributed by atoms with Crippen molar-refractivity contribution in [2.75, 3.05) is 31.9 Å². The van der Waals surface area contributed by atoms with E-state index in [2.05, 4.69) is 13.8 Å². The van der Waals surface area contributed by atoms with Gasteiger partial charge in [0, 0.05) is 31.1 Å². The molecule has 6 nitrogen and oxygen atoms in total. The molecule has 1 aliphatic rings. The SMILES string of the molecule is CCCCC1(CCCC)CS(=O)(=O)c2ccc(N(C)C)cc2[C@@H](c2ccc(C(=O)OC)cc2)[C@H]1O. The van der Waals surface area contributed by atoms with Crippen LogP contribution in [0.1, 0.15) is 79.8 Å². The number of anilines is 1. The van der Waals surface area contributed by atoms with Crippen LogP contribution in [-0.2, 0) is 14.6 Å². The third-order valence-corrected chi connectivity index (χ3v) is 9.34. The maximum atomic E-state index is 13.8. The molecule has 0 fully saturated rings. The number of sulfone groups is 1. The molecule has 0 unspecified atom stereocenters. The number of rotatable bonds is 9. The van der Waals surface area contributed by atoms with Crippen LogP contribution in [0.2, 0.25) is 0 Å². The van der Waals surface area contributed by atoms with Crippen molar-refractivity contribution in [3.05, 3.63) is 59.2 Å². The molecule has 2 aromatic carbocycles. The number of hydrogen-bond donors (Lipinski definition) is 1. The smallest absolute Gasteiger partial charge is 0.337 e. The Morgan fingerprint density at radius 1 is 1.06 bits per heavy atom. The highest BCUT2D eigenvalue weighted by Gasteiger charge is 2.49. The van der Waals surface area contributed by atoms with Crippen LogP contribution in [0.3, 0.4) is 0 Å². The predicted octanol–water partition coefficient (Wildman–Crippen LogP) is 5.19. The third-order valence-electron chi connectivity index (χ3n) is 7.35. The Balaban J connectivity index is 2.28. The average Bonchev–Trinajstić information content (AvgIpc) is 2.91. The first kappa shape index (κ1) is 27.2. The van der Waals surface area contributed by atoms with Gasteiger partial charge in [-0.3, -0.25) is 0 Å². The first-order valence-corrected chi connectivity index (χ1v) is 14.2. The van der Waals surface area contributed by atoms with Gasteiger partial charge in [0.25, 0.3) is 0 Å². The second kappa shape index (κ2) is 11.1. The number of methoxy groups -OCH3 is 1. The quantitative estimate of drug-likeness (QED) is 0.476. The van der Waals surface area contributed by atoms with Gasteiger partial charge in [-0.1, -0.05) is 51.7 Å². The van der Waals surface area contributed by atoms with Gasteiger partial charge < -0.3 is 14.7 Å². The Morgan fingerprint density at radius 3 is 2.17 bits per heavy atom. The van der Waals surface area contributed by atoms with Crippen LogP contribution in [0, 0.1) is 5.41 Å². The first-order chi connectivity index (χ1) is 16.6. The van der Waals surface area contributed by atoms with Crippen molar-refractivity contribution in [2.45, 2.75) is 69.3 Å². The number of fused-ring (bicyclic) bond motifs is 1. The fourth-order valence-electron chi connectivity index (χ4n) is 5.33. The van der Waals surface area contributed by atoms with Crippen molar-refractivity contribution >= 4 is 21.5 Å². The van der Waals surface area contributed by atoms with E-state index in [0.717, 1.165) is 36.9 Å². The van der Waals surface area contributed by atoms with Crippen LogP contribution in [0.15, 0.2) is 47.4 Å². The first-order valence-electron chi connectivity index (χ1n) is 12.5. The monoisotopic (exact) mass is 501 g/mol. The van der Waals surface area contributed by atoms with Gasteiger partial charge in [0.15, 0.2) is 9.84 Å². The lowest BCUT2D eigenvalue weighted by Gasteiger charge is -2.40. The minimum atomic E-state index is -3.64. The van der Waals surface area contributed by atoms with Gasteiger partial charge in [0.1, 0.15) is 0 Å². The Bertz CT molecular complexity index is 1120. The summed E-state index contributed by atoms with van der Waals surface area (Å²) in [6.45, 7) is 4.18. The summed E-state index contributed by atoms with van der Waals surface area (Å²) in [5.74, 6) is -1.04. The molecule has 0 aliphatic carbocycles. The van der Waals surface area contributed by atoms with E-state index >= 15 is 0 Å². The summed E-state index contributed by atoms with van der Waals surface area (Å²) in [6, 6.07) is 12.4. The summed E-state index contributed by atoms with van der Waals surface area (Å²) in [4.78, 5) is 14.2. The van der Waals surface area contributed by atoms with Crippen molar-refractivity contribution < 1.29 is 23.1 Å². The largest absolute Gasteiger partial charge is 0.465 e. The van der Waals surface area contributed by atoms with E-state index in [1.807, 2.05) is 43.3 Å². The van der Waals surface area contributed by atoms with Gasteiger partial charge >= 0.3 is 5.97 Å². The Hall–Kier alpha value is -2.38. The number of benzene rings is 2. The molecule has 2 atom stereocenters. The molecular weight excluding hydrogens is 462 g/mol. The molecule has 1 aliphatic heterocycles. The van der Waals surface area contributed by atoms with Crippen molar-refractivity contribution in [3.63, 3.8) is 0 Å². The lowest BCUT2D eigenvalue weighted by molar-refractivity contribution is 0.0127. The summed E-state index contributed by atoms with van der Waals surface area (Å²) in [6.07, 6.45) is 3.96. The topological polar surface area (TPSA) is 83.9 Å². The highest BCUT2D eigenvalue weighted by molar-refractivity contribution is 7.91. The van der Waals surface area contributed by atoms with E-state index in [1.54, 1.807) is 18.2 Å². The van der Waals surface area contributed by atoms with Crippen molar-refractivity contribution in [1.29, 1.82) is 0 Å². The Morgan fingerprint density at radius 2 is 1.66 bits per heavy atom. The molecule has 0 amide bonds. The molecule has 0 saturated carbocycles. The molecule has 2 aromatic rings. The van der Waals surface area contributed by atoms with E-state index in [0.29, 0.717) is 28.9 Å². The van der Waals surface area contributed by atoms with Crippen LogP contribution >= 0.6 is 0 Å². The second-order valence-corrected chi connectivity index (χ2v) is 11.9. The number of carbonyl (C=O) groups is 1. The van der Waals surface area contributed by atoms with E-state index < -0.39 is 33.2 Å². The average molecular weight is 502 g/mol. The molecule has 192 valence electrons. The summed E-state index contributed by atoms with van der Waals surface area (Å²) >= 11 is 0.